The third kappa shape index (κ3) is 4.10. The number of ketones is 1. The number of carbonyl (C=O) groups is 1. The molecule has 3 aromatic rings. The van der Waals surface area contributed by atoms with Crippen LogP contribution in [0.2, 0.25) is 15.1 Å². The summed E-state index contributed by atoms with van der Waals surface area (Å²) < 4.78 is 41.8. The molecule has 0 amide bonds. The first kappa shape index (κ1) is 20.4. The number of alkyl halides is 3. The predicted octanol–water partition coefficient (Wildman–Crippen LogP) is 6.88. The molecular formula is C18H10Cl3F3O2S. The average molecular weight is 454 g/mol. The Balaban J connectivity index is 2.02. The molecule has 0 spiro atoms. The maximum absolute atomic E-state index is 13.7. The van der Waals surface area contributed by atoms with Crippen LogP contribution in [0, 0.1) is 0 Å². The quantitative estimate of drug-likeness (QED) is 0.437. The van der Waals surface area contributed by atoms with Crippen LogP contribution in [0.25, 0.3) is 10.1 Å². The Hall–Kier alpha value is -1.31. The molecule has 0 saturated heterocycles. The average Bonchev–Trinajstić information content (AvgIpc) is 2.96. The highest BCUT2D eigenvalue weighted by Crippen LogP contribution is 2.44. The Morgan fingerprint density at radius 2 is 1.59 bits per heavy atom. The third-order valence-corrected chi connectivity index (χ3v) is 5.81. The van der Waals surface area contributed by atoms with Gasteiger partial charge in [-0.2, -0.15) is 13.2 Å². The molecule has 0 fully saturated rings. The van der Waals surface area contributed by atoms with E-state index in [-0.39, 0.29) is 14.9 Å². The smallest absolute Gasteiger partial charge is 0.376 e. The molecule has 1 unspecified atom stereocenters. The van der Waals surface area contributed by atoms with Gasteiger partial charge >= 0.3 is 6.18 Å². The molecule has 1 heterocycles. The molecule has 142 valence electrons. The summed E-state index contributed by atoms with van der Waals surface area (Å²) in [6, 6.07) is 9.48. The first-order valence-corrected chi connectivity index (χ1v) is 9.42. The number of thiophene rings is 1. The van der Waals surface area contributed by atoms with Crippen LogP contribution in [0.4, 0.5) is 13.2 Å². The van der Waals surface area contributed by atoms with Gasteiger partial charge in [-0.15, -0.1) is 11.3 Å². The molecule has 2 aromatic carbocycles. The zero-order chi connectivity index (χ0) is 20.0. The van der Waals surface area contributed by atoms with Gasteiger partial charge in [0.1, 0.15) is 0 Å². The lowest BCUT2D eigenvalue weighted by molar-refractivity contribution is -0.264. The Morgan fingerprint density at radius 3 is 2.19 bits per heavy atom. The molecule has 27 heavy (non-hydrogen) atoms. The summed E-state index contributed by atoms with van der Waals surface area (Å²) in [4.78, 5) is 12.6. The van der Waals surface area contributed by atoms with E-state index in [2.05, 4.69) is 0 Å². The van der Waals surface area contributed by atoms with Crippen LogP contribution in [-0.4, -0.2) is 17.1 Å². The number of fused-ring (bicyclic) bond motifs is 1. The van der Waals surface area contributed by atoms with Gasteiger partial charge < -0.3 is 5.11 Å². The lowest BCUT2D eigenvalue weighted by Gasteiger charge is -2.30. The van der Waals surface area contributed by atoms with Crippen molar-refractivity contribution in [2.45, 2.75) is 18.2 Å². The van der Waals surface area contributed by atoms with Gasteiger partial charge in [0, 0.05) is 19.8 Å². The molecule has 1 aromatic heterocycles. The van der Waals surface area contributed by atoms with Gasteiger partial charge in [0.25, 0.3) is 0 Å². The van der Waals surface area contributed by atoms with Crippen molar-refractivity contribution in [2.75, 3.05) is 0 Å². The number of benzene rings is 2. The van der Waals surface area contributed by atoms with E-state index >= 15 is 0 Å². The number of rotatable bonds is 4. The topological polar surface area (TPSA) is 37.3 Å². The van der Waals surface area contributed by atoms with E-state index in [0.29, 0.717) is 15.1 Å². The lowest BCUT2D eigenvalue weighted by Crippen LogP contribution is -2.44. The van der Waals surface area contributed by atoms with Crippen LogP contribution in [0.3, 0.4) is 0 Å². The normalized spacial score (nSPS) is 14.3. The van der Waals surface area contributed by atoms with Crippen molar-refractivity contribution < 1.29 is 23.1 Å². The van der Waals surface area contributed by atoms with Gasteiger partial charge in [-0.3, -0.25) is 4.79 Å². The summed E-state index contributed by atoms with van der Waals surface area (Å²) in [6.45, 7) is 0. The molecule has 0 aliphatic carbocycles. The number of hydrogen-bond acceptors (Lipinski definition) is 3. The fourth-order valence-electron chi connectivity index (χ4n) is 2.63. The van der Waals surface area contributed by atoms with Crippen LogP contribution in [0.15, 0.2) is 42.5 Å². The molecule has 0 aliphatic rings. The zero-order valence-corrected chi connectivity index (χ0v) is 16.4. The molecule has 2 nitrogen and oxygen atoms in total. The fraction of sp³-hybridized carbons (Fsp3) is 0.167. The number of hydrogen-bond donors (Lipinski definition) is 1. The first-order chi connectivity index (χ1) is 12.5. The monoisotopic (exact) mass is 452 g/mol. The van der Waals surface area contributed by atoms with Gasteiger partial charge in [-0.25, -0.2) is 0 Å². The second-order valence-electron chi connectivity index (χ2n) is 5.91. The van der Waals surface area contributed by atoms with E-state index in [9.17, 15) is 23.1 Å². The lowest BCUT2D eigenvalue weighted by atomic mass is 9.87. The molecule has 1 atom stereocenters. The number of halogens is 6. The van der Waals surface area contributed by atoms with Gasteiger partial charge in [-0.05, 0) is 53.4 Å². The molecule has 0 aliphatic heterocycles. The number of aliphatic hydroxyl groups is 1. The Labute approximate surface area is 171 Å². The second-order valence-corrected chi connectivity index (χ2v) is 8.30. The van der Waals surface area contributed by atoms with Crippen molar-refractivity contribution in [2.24, 2.45) is 0 Å². The van der Waals surface area contributed by atoms with E-state index in [1.54, 1.807) is 18.2 Å². The van der Waals surface area contributed by atoms with E-state index in [1.165, 1.54) is 12.1 Å². The standard InChI is InChI=1S/C18H10Cl3F3O2S/c19-11-1-2-15-9(3-11)4-16(27-15)14(25)8-17(26,18(22,23)24)10-5-12(20)7-13(21)6-10/h1-7,26H,8H2. The van der Waals surface area contributed by atoms with Crippen molar-refractivity contribution in [1.82, 2.24) is 0 Å². The van der Waals surface area contributed by atoms with Crippen LogP contribution in [-0.2, 0) is 5.60 Å². The van der Waals surface area contributed by atoms with Gasteiger partial charge in [-0.1, -0.05) is 34.8 Å². The van der Waals surface area contributed by atoms with Crippen LogP contribution >= 0.6 is 46.1 Å². The van der Waals surface area contributed by atoms with E-state index in [4.69, 9.17) is 34.8 Å². The zero-order valence-electron chi connectivity index (χ0n) is 13.3. The highest BCUT2D eigenvalue weighted by Gasteiger charge is 2.56. The highest BCUT2D eigenvalue weighted by molar-refractivity contribution is 7.20. The highest BCUT2D eigenvalue weighted by atomic mass is 35.5. The molecule has 0 radical (unpaired) electrons. The maximum Gasteiger partial charge on any atom is 0.421 e. The van der Waals surface area contributed by atoms with E-state index < -0.39 is 29.5 Å². The molecule has 1 N–H and O–H groups in total. The molecular weight excluding hydrogens is 444 g/mol. The Morgan fingerprint density at radius 1 is 0.963 bits per heavy atom. The maximum atomic E-state index is 13.7. The van der Waals surface area contributed by atoms with Gasteiger partial charge in [0.2, 0.25) is 0 Å². The largest absolute Gasteiger partial charge is 0.421 e. The predicted molar refractivity (Wildman–Crippen MR) is 102 cm³/mol. The third-order valence-electron chi connectivity index (χ3n) is 3.98. The Bertz CT molecular complexity index is 1010. The Kier molecular flexibility index (Phi) is 5.49. The van der Waals surface area contributed by atoms with Crippen molar-refractivity contribution in [3.05, 3.63) is 68.0 Å². The summed E-state index contributed by atoms with van der Waals surface area (Å²) in [6.07, 6.45) is -6.32. The molecule has 3 rings (SSSR count). The summed E-state index contributed by atoms with van der Waals surface area (Å²) in [7, 11) is 0. The van der Waals surface area contributed by atoms with Crippen molar-refractivity contribution in [3.8, 4) is 0 Å². The van der Waals surface area contributed by atoms with Crippen LogP contribution in [0.1, 0.15) is 21.7 Å². The van der Waals surface area contributed by atoms with E-state index in [0.717, 1.165) is 23.5 Å². The summed E-state index contributed by atoms with van der Waals surface area (Å²) in [5.41, 5.74) is -4.02. The van der Waals surface area contributed by atoms with Crippen LogP contribution in [0.5, 0.6) is 0 Å². The first-order valence-electron chi connectivity index (χ1n) is 7.47. The minimum absolute atomic E-state index is 0.0795. The second kappa shape index (κ2) is 7.26. The molecule has 0 saturated carbocycles. The fourth-order valence-corrected chi connectivity index (χ4v) is 4.32. The van der Waals surface area contributed by atoms with Gasteiger partial charge in [0.05, 0.1) is 11.3 Å². The van der Waals surface area contributed by atoms with Crippen molar-refractivity contribution in [1.29, 1.82) is 0 Å². The van der Waals surface area contributed by atoms with Crippen molar-refractivity contribution in [3.63, 3.8) is 0 Å². The number of carbonyl (C=O) groups excluding carboxylic acids is 1. The molecule has 9 heteroatoms. The van der Waals surface area contributed by atoms with E-state index in [1.807, 2.05) is 0 Å². The SMILES string of the molecule is O=C(CC(O)(c1cc(Cl)cc(Cl)c1)C(F)(F)F)c1cc2cc(Cl)ccc2s1. The minimum Gasteiger partial charge on any atom is -0.376 e. The van der Waals surface area contributed by atoms with Crippen LogP contribution < -0.4 is 0 Å². The summed E-state index contributed by atoms with van der Waals surface area (Å²) in [5.74, 6) is -0.858. The van der Waals surface area contributed by atoms with Gasteiger partial charge in [0.15, 0.2) is 11.4 Å². The number of Topliss-reactive ketones (excluding diaryl/α,β-unsaturated/α-hetero) is 1. The van der Waals surface area contributed by atoms with Crippen molar-refractivity contribution >= 4 is 62.0 Å². The summed E-state index contributed by atoms with van der Waals surface area (Å²) in [5, 5.41) is 11.4. The summed E-state index contributed by atoms with van der Waals surface area (Å²) >= 11 is 18.5. The minimum atomic E-state index is -5.11. The molecule has 0 bridgehead atoms.